The first kappa shape index (κ1) is 23.3. The van der Waals surface area contributed by atoms with Gasteiger partial charge in [0.2, 0.25) is 0 Å². The smallest absolute Gasteiger partial charge is 0.255 e. The van der Waals surface area contributed by atoms with Crippen molar-refractivity contribution in [3.05, 3.63) is 83.5 Å². The lowest BCUT2D eigenvalue weighted by atomic mass is 10.1. The molecule has 3 aromatic heterocycles. The van der Waals surface area contributed by atoms with Gasteiger partial charge in [-0.1, -0.05) is 17.7 Å². The van der Waals surface area contributed by atoms with Crippen LogP contribution >= 0.6 is 11.6 Å². The van der Waals surface area contributed by atoms with E-state index in [1.807, 2.05) is 56.3 Å². The Morgan fingerprint density at radius 3 is 2.72 bits per heavy atom. The zero-order valence-electron chi connectivity index (χ0n) is 19.9. The Morgan fingerprint density at radius 1 is 1.03 bits per heavy atom. The molecule has 2 aromatic carbocycles. The highest BCUT2D eigenvalue weighted by atomic mass is 35.5. The maximum Gasteiger partial charge on any atom is 0.255 e. The van der Waals surface area contributed by atoms with E-state index in [-0.39, 0.29) is 5.91 Å². The van der Waals surface area contributed by atoms with Gasteiger partial charge in [0.15, 0.2) is 5.65 Å². The van der Waals surface area contributed by atoms with E-state index in [1.165, 1.54) is 6.33 Å². The second-order valence-corrected chi connectivity index (χ2v) is 8.80. The van der Waals surface area contributed by atoms with E-state index in [0.29, 0.717) is 33.4 Å². The largest absolute Gasteiger partial charge is 0.376 e. The van der Waals surface area contributed by atoms with Crippen LogP contribution in [-0.4, -0.2) is 44.9 Å². The number of anilines is 4. The van der Waals surface area contributed by atoms with Crippen molar-refractivity contribution in [2.45, 2.75) is 6.92 Å². The van der Waals surface area contributed by atoms with Crippen molar-refractivity contribution in [2.24, 2.45) is 0 Å². The van der Waals surface area contributed by atoms with Gasteiger partial charge >= 0.3 is 0 Å². The maximum absolute atomic E-state index is 13.0. The Morgan fingerprint density at radius 2 is 1.89 bits per heavy atom. The number of aromatic nitrogens is 5. The van der Waals surface area contributed by atoms with Gasteiger partial charge < -0.3 is 20.5 Å². The first-order chi connectivity index (χ1) is 17.4. The minimum Gasteiger partial charge on any atom is -0.376 e. The zero-order chi connectivity index (χ0) is 25.2. The third-order valence-corrected chi connectivity index (χ3v) is 6.04. The van der Waals surface area contributed by atoms with Crippen molar-refractivity contribution in [3.8, 4) is 11.3 Å². The predicted molar refractivity (Wildman–Crippen MR) is 143 cm³/mol. The summed E-state index contributed by atoms with van der Waals surface area (Å²) in [5.74, 6) is 0.387. The molecule has 0 saturated carbocycles. The first-order valence-electron chi connectivity index (χ1n) is 11.2. The van der Waals surface area contributed by atoms with Crippen LogP contribution in [0.25, 0.3) is 22.4 Å². The number of amides is 1. The molecule has 5 aromatic rings. The number of H-pyrrole nitrogens is 1. The van der Waals surface area contributed by atoms with E-state index < -0.39 is 0 Å². The van der Waals surface area contributed by atoms with Crippen molar-refractivity contribution in [2.75, 3.05) is 29.6 Å². The summed E-state index contributed by atoms with van der Waals surface area (Å²) in [5, 5.41) is 6.95. The van der Waals surface area contributed by atoms with Crippen LogP contribution < -0.4 is 15.5 Å². The van der Waals surface area contributed by atoms with Gasteiger partial charge in [0.05, 0.1) is 17.0 Å². The molecule has 9 nitrogen and oxygen atoms in total. The Bertz CT molecular complexity index is 1580. The molecular formula is C26H23ClN8O. The number of hydrogen-bond donors (Lipinski definition) is 3. The number of benzene rings is 2. The molecule has 5 rings (SSSR count). The van der Waals surface area contributed by atoms with Crippen LogP contribution in [0.2, 0.25) is 5.02 Å². The summed E-state index contributed by atoms with van der Waals surface area (Å²) < 4.78 is 0. The molecule has 0 aliphatic carbocycles. The van der Waals surface area contributed by atoms with E-state index in [1.54, 1.807) is 30.7 Å². The number of nitrogens with one attached hydrogen (secondary N) is 3. The Kier molecular flexibility index (Phi) is 6.22. The van der Waals surface area contributed by atoms with Crippen LogP contribution in [0.1, 0.15) is 15.9 Å². The average molecular weight is 499 g/mol. The van der Waals surface area contributed by atoms with Crippen molar-refractivity contribution in [3.63, 3.8) is 0 Å². The molecule has 3 heterocycles. The van der Waals surface area contributed by atoms with Crippen LogP contribution in [0.3, 0.4) is 0 Å². The van der Waals surface area contributed by atoms with E-state index >= 15 is 0 Å². The highest BCUT2D eigenvalue weighted by Crippen LogP contribution is 2.32. The predicted octanol–water partition coefficient (Wildman–Crippen LogP) is 5.44. The fourth-order valence-electron chi connectivity index (χ4n) is 3.83. The van der Waals surface area contributed by atoms with Gasteiger partial charge in [-0.15, -0.1) is 0 Å². The molecule has 1 amide bonds. The highest BCUT2D eigenvalue weighted by Gasteiger charge is 2.15. The quantitative estimate of drug-likeness (QED) is 0.286. The monoisotopic (exact) mass is 498 g/mol. The van der Waals surface area contributed by atoms with Gasteiger partial charge in [-0.25, -0.2) is 19.9 Å². The summed E-state index contributed by atoms with van der Waals surface area (Å²) in [4.78, 5) is 35.3. The van der Waals surface area contributed by atoms with Crippen molar-refractivity contribution >= 4 is 51.6 Å². The number of carbonyl (C=O) groups excluding carboxylic acids is 1. The lowest BCUT2D eigenvalue weighted by Gasteiger charge is -2.16. The lowest BCUT2D eigenvalue weighted by Crippen LogP contribution is -2.14. The molecule has 0 atom stereocenters. The van der Waals surface area contributed by atoms with Gasteiger partial charge in [0.25, 0.3) is 5.91 Å². The van der Waals surface area contributed by atoms with Gasteiger partial charge in [-0.05, 0) is 55.0 Å². The summed E-state index contributed by atoms with van der Waals surface area (Å²) in [5.41, 5.74) is 6.50. The number of imidazole rings is 1. The van der Waals surface area contributed by atoms with E-state index in [4.69, 9.17) is 11.6 Å². The second kappa shape index (κ2) is 9.63. The van der Waals surface area contributed by atoms with Gasteiger partial charge in [-0.3, -0.25) is 4.79 Å². The number of pyridine rings is 1. The third kappa shape index (κ3) is 4.56. The number of nitrogens with zero attached hydrogens (tertiary/aromatic N) is 5. The summed E-state index contributed by atoms with van der Waals surface area (Å²) in [6.45, 7) is 1.98. The van der Waals surface area contributed by atoms with Crippen LogP contribution in [0, 0.1) is 6.92 Å². The van der Waals surface area contributed by atoms with Gasteiger partial charge in [0, 0.05) is 42.8 Å². The van der Waals surface area contributed by atoms with Crippen molar-refractivity contribution in [1.82, 2.24) is 24.9 Å². The summed E-state index contributed by atoms with van der Waals surface area (Å²) >= 11 is 6.25. The number of aromatic amines is 1. The SMILES string of the molecule is Cc1ccc(NC(=O)c2ccc(Cl)c(N(C)C)c2)cc1Nc1ncccc1-c1ncnc2nc[nH]c12. The Labute approximate surface area is 212 Å². The number of hydrogen-bond acceptors (Lipinski definition) is 7. The Hall–Kier alpha value is -4.50. The highest BCUT2D eigenvalue weighted by molar-refractivity contribution is 6.33. The molecule has 0 radical (unpaired) electrons. The average Bonchev–Trinajstić information content (AvgIpc) is 3.36. The Balaban J connectivity index is 1.44. The molecule has 0 saturated heterocycles. The van der Waals surface area contributed by atoms with Gasteiger partial charge in [-0.2, -0.15) is 0 Å². The normalized spacial score (nSPS) is 10.9. The topological polar surface area (TPSA) is 112 Å². The van der Waals surface area contributed by atoms with Gasteiger partial charge in [0.1, 0.15) is 23.4 Å². The standard InChI is InChI=1S/C26H23ClN8O/c1-15-6-8-17(33-26(36)16-7-9-19(27)21(11-16)35(2)3)12-20(15)34-24-18(5-4-10-28-24)22-23-25(31-13-29-22)32-14-30-23/h4-14H,1-3H3,(H,28,34)(H,33,36)(H,29,30,31,32). The van der Waals surface area contributed by atoms with E-state index in [0.717, 1.165) is 28.0 Å². The minimum atomic E-state index is -0.231. The second-order valence-electron chi connectivity index (χ2n) is 8.39. The number of aryl methyl sites for hydroxylation is 1. The molecule has 0 fully saturated rings. The summed E-state index contributed by atoms with van der Waals surface area (Å²) in [6, 6.07) is 14.6. The van der Waals surface area contributed by atoms with Crippen LogP contribution in [-0.2, 0) is 0 Å². The molecule has 180 valence electrons. The molecule has 0 aliphatic heterocycles. The summed E-state index contributed by atoms with van der Waals surface area (Å²) in [7, 11) is 3.76. The molecule has 0 aliphatic rings. The van der Waals surface area contributed by atoms with Crippen molar-refractivity contribution < 1.29 is 4.79 Å². The molecule has 36 heavy (non-hydrogen) atoms. The lowest BCUT2D eigenvalue weighted by molar-refractivity contribution is 0.102. The number of carbonyl (C=O) groups is 1. The van der Waals surface area contributed by atoms with Crippen LogP contribution in [0.5, 0.6) is 0 Å². The third-order valence-electron chi connectivity index (χ3n) is 5.72. The summed E-state index contributed by atoms with van der Waals surface area (Å²) in [6.07, 6.45) is 4.78. The number of fused-ring (bicyclic) bond motifs is 1. The van der Waals surface area contributed by atoms with Crippen LogP contribution in [0.4, 0.5) is 22.9 Å². The molecule has 10 heteroatoms. The fourth-order valence-corrected chi connectivity index (χ4v) is 4.11. The zero-order valence-corrected chi connectivity index (χ0v) is 20.6. The number of rotatable bonds is 6. The molecule has 0 unspecified atom stereocenters. The number of halogens is 1. The van der Waals surface area contributed by atoms with Crippen LogP contribution in [0.15, 0.2) is 67.4 Å². The molecule has 0 bridgehead atoms. The minimum absolute atomic E-state index is 0.231. The van der Waals surface area contributed by atoms with E-state index in [2.05, 4.69) is 35.6 Å². The molecular weight excluding hydrogens is 476 g/mol. The van der Waals surface area contributed by atoms with E-state index in [9.17, 15) is 4.79 Å². The molecule has 3 N–H and O–H groups in total. The van der Waals surface area contributed by atoms with Crippen molar-refractivity contribution in [1.29, 1.82) is 0 Å². The maximum atomic E-state index is 13.0. The molecule has 0 spiro atoms. The first-order valence-corrected chi connectivity index (χ1v) is 11.5. The fraction of sp³-hybridized carbons (Fsp3) is 0.115.